The molecule has 3 heterocycles. The second-order valence-corrected chi connectivity index (χ2v) is 8.58. The summed E-state index contributed by atoms with van der Waals surface area (Å²) in [6, 6.07) is 11.0. The van der Waals surface area contributed by atoms with Gasteiger partial charge in [0, 0.05) is 45.8 Å². The molecule has 5 heteroatoms. The lowest BCUT2D eigenvalue weighted by Gasteiger charge is -2.24. The van der Waals surface area contributed by atoms with Gasteiger partial charge in [-0.3, -0.25) is 4.79 Å². The number of nitrogens with zero attached hydrogens (tertiary/aromatic N) is 3. The average Bonchev–Trinajstić information content (AvgIpc) is 3.50. The second-order valence-electron chi connectivity index (χ2n) is 8.58. The van der Waals surface area contributed by atoms with Crippen molar-refractivity contribution < 1.29 is 8.91 Å². The number of aromatic nitrogens is 2. The molecule has 0 saturated heterocycles. The van der Waals surface area contributed by atoms with Gasteiger partial charge in [0.15, 0.2) is 0 Å². The van der Waals surface area contributed by atoms with Gasteiger partial charge in [0.1, 0.15) is 5.82 Å². The van der Waals surface area contributed by atoms with Crippen LogP contribution in [0, 0.1) is 23.7 Å². The normalized spacial score (nSPS) is 22.5. The fourth-order valence-electron chi connectivity index (χ4n) is 4.90. The van der Waals surface area contributed by atoms with Crippen molar-refractivity contribution in [2.24, 2.45) is 0 Å². The number of benzene rings is 2. The van der Waals surface area contributed by atoms with E-state index in [1.807, 2.05) is 24.3 Å². The van der Waals surface area contributed by atoms with Crippen molar-refractivity contribution in [2.75, 3.05) is 13.5 Å². The van der Waals surface area contributed by atoms with Crippen molar-refractivity contribution in [2.45, 2.75) is 44.3 Å². The summed E-state index contributed by atoms with van der Waals surface area (Å²) < 4.78 is 26.6. The maximum Gasteiger partial charge on any atom is 0.254 e. The fourth-order valence-corrected chi connectivity index (χ4v) is 4.90. The van der Waals surface area contributed by atoms with Gasteiger partial charge in [-0.05, 0) is 50.1 Å². The third-order valence-electron chi connectivity index (χ3n) is 6.52. The Morgan fingerprint density at radius 3 is 2.94 bits per heavy atom. The zero-order chi connectivity index (χ0) is 24.3. The van der Waals surface area contributed by atoms with Gasteiger partial charge in [-0.25, -0.2) is 4.98 Å². The summed E-state index contributed by atoms with van der Waals surface area (Å²) in [6.07, 6.45) is 2.89. The third kappa shape index (κ3) is 2.93. The Bertz CT molecular complexity index is 1490. The van der Waals surface area contributed by atoms with Crippen LogP contribution in [-0.2, 0) is 0 Å². The van der Waals surface area contributed by atoms with Crippen LogP contribution in [0.15, 0.2) is 36.4 Å². The van der Waals surface area contributed by atoms with Gasteiger partial charge in [-0.2, -0.15) is 0 Å². The predicted molar refractivity (Wildman–Crippen MR) is 124 cm³/mol. The molecule has 1 N–H and O–H groups in total. The first-order valence-electron chi connectivity index (χ1n) is 12.5. The molecule has 0 spiro atoms. The van der Waals surface area contributed by atoms with Crippen LogP contribution in [0.3, 0.4) is 0 Å². The smallest absolute Gasteiger partial charge is 0.254 e. The highest BCUT2D eigenvalue weighted by Crippen LogP contribution is 2.48. The molecule has 2 aliphatic heterocycles. The van der Waals surface area contributed by atoms with Gasteiger partial charge in [0.05, 0.1) is 29.7 Å². The summed E-state index contributed by atoms with van der Waals surface area (Å²) in [5.74, 6) is 12.6. The Kier molecular flexibility index (Phi) is 3.66. The SMILES string of the molecule is [2H]C([2H])([2H])N1C(=O)c2cccc(C#CC)c2[C@H]2C[C@@H]1c1nc3ccc(C#CCNC4CC4)cc3n12. The Balaban J connectivity index is 1.53. The van der Waals surface area contributed by atoms with E-state index in [2.05, 4.69) is 33.6 Å². The van der Waals surface area contributed by atoms with Gasteiger partial charge in [-0.15, -0.1) is 5.92 Å². The number of rotatable bonds is 2. The molecule has 158 valence electrons. The third-order valence-corrected chi connectivity index (χ3v) is 6.52. The zero-order valence-electron chi connectivity index (χ0n) is 20.8. The van der Waals surface area contributed by atoms with E-state index >= 15 is 0 Å². The number of carbonyl (C=O) groups is 1. The van der Waals surface area contributed by atoms with E-state index in [0.29, 0.717) is 30.4 Å². The molecule has 3 aliphatic rings. The molecule has 2 bridgehead atoms. The molecular formula is C27H24N4O. The molecular weight excluding hydrogens is 396 g/mol. The summed E-state index contributed by atoms with van der Waals surface area (Å²) >= 11 is 0. The van der Waals surface area contributed by atoms with Crippen LogP contribution >= 0.6 is 0 Å². The molecule has 3 aromatic rings. The van der Waals surface area contributed by atoms with Crippen molar-refractivity contribution in [3.8, 4) is 23.7 Å². The summed E-state index contributed by atoms with van der Waals surface area (Å²) in [7, 11) is 0. The Morgan fingerprint density at radius 2 is 2.12 bits per heavy atom. The van der Waals surface area contributed by atoms with E-state index < -0.39 is 18.9 Å². The monoisotopic (exact) mass is 423 g/mol. The first kappa shape index (κ1) is 16.1. The largest absolute Gasteiger partial charge is 0.331 e. The highest BCUT2D eigenvalue weighted by Gasteiger charge is 2.44. The van der Waals surface area contributed by atoms with Crippen LogP contribution in [-0.4, -0.2) is 39.9 Å². The lowest BCUT2D eigenvalue weighted by molar-refractivity contribution is 0.0734. The van der Waals surface area contributed by atoms with Gasteiger partial charge < -0.3 is 14.8 Å². The molecule has 5 nitrogen and oxygen atoms in total. The van der Waals surface area contributed by atoms with Crippen LogP contribution in [0.2, 0.25) is 0 Å². The minimum Gasteiger partial charge on any atom is -0.331 e. The summed E-state index contributed by atoms with van der Waals surface area (Å²) in [5.41, 5.74) is 4.43. The van der Waals surface area contributed by atoms with Crippen LogP contribution < -0.4 is 5.32 Å². The Morgan fingerprint density at radius 1 is 1.22 bits per heavy atom. The highest BCUT2D eigenvalue weighted by atomic mass is 16.2. The summed E-state index contributed by atoms with van der Waals surface area (Å²) in [4.78, 5) is 19.4. The van der Waals surface area contributed by atoms with Crippen molar-refractivity contribution in [3.63, 3.8) is 0 Å². The van der Waals surface area contributed by atoms with Crippen LogP contribution in [0.5, 0.6) is 0 Å². The van der Waals surface area contributed by atoms with E-state index in [0.717, 1.165) is 32.6 Å². The molecule has 1 saturated carbocycles. The van der Waals surface area contributed by atoms with Gasteiger partial charge in [0.25, 0.3) is 5.91 Å². The first-order chi connectivity index (χ1) is 16.9. The lowest BCUT2D eigenvalue weighted by atomic mass is 9.93. The van der Waals surface area contributed by atoms with E-state index in [1.165, 1.54) is 12.8 Å². The zero-order valence-corrected chi connectivity index (χ0v) is 17.8. The first-order valence-corrected chi connectivity index (χ1v) is 11.0. The number of hydrogen-bond acceptors (Lipinski definition) is 3. The summed E-state index contributed by atoms with van der Waals surface area (Å²) in [5, 5.41) is 3.40. The Labute approximate surface area is 192 Å². The molecule has 6 rings (SSSR count). The quantitative estimate of drug-likeness (QED) is 0.641. The van der Waals surface area contributed by atoms with E-state index in [1.54, 1.807) is 19.1 Å². The van der Waals surface area contributed by atoms with Crippen LogP contribution in [0.1, 0.15) is 75.3 Å². The number of amides is 1. The molecule has 32 heavy (non-hydrogen) atoms. The minimum atomic E-state index is -2.60. The lowest BCUT2D eigenvalue weighted by Crippen LogP contribution is -2.30. The molecule has 0 unspecified atom stereocenters. The highest BCUT2D eigenvalue weighted by molar-refractivity contribution is 5.97. The summed E-state index contributed by atoms with van der Waals surface area (Å²) in [6.45, 7) is -0.190. The molecule has 1 aromatic heterocycles. The maximum atomic E-state index is 13.6. The van der Waals surface area contributed by atoms with E-state index in [4.69, 9.17) is 9.10 Å². The molecule has 1 amide bonds. The minimum absolute atomic E-state index is 0.247. The van der Waals surface area contributed by atoms with Gasteiger partial charge in [0.2, 0.25) is 0 Å². The average molecular weight is 424 g/mol. The van der Waals surface area contributed by atoms with Crippen molar-refractivity contribution >= 4 is 16.9 Å². The van der Waals surface area contributed by atoms with Crippen LogP contribution in [0.4, 0.5) is 0 Å². The van der Waals surface area contributed by atoms with Crippen molar-refractivity contribution in [1.82, 2.24) is 19.8 Å². The maximum absolute atomic E-state index is 13.6. The standard InChI is InChI=1S/C27H24N4O/c1-3-6-18-8-4-9-20-25(18)23-16-24(30(2)27(20)32)26-29-21-13-10-17(15-22(21)31(23)26)7-5-14-28-19-11-12-19/h4,8-10,13,15,19,23-24,28H,11-12,14,16H2,1-2H3/t23-,24-/m1/s1/i2D3. The Hall–Kier alpha value is -3.54. The van der Waals surface area contributed by atoms with Crippen molar-refractivity contribution in [1.29, 1.82) is 0 Å². The molecule has 1 fully saturated rings. The van der Waals surface area contributed by atoms with E-state index in [9.17, 15) is 4.79 Å². The number of fused-ring (bicyclic) bond motifs is 9. The molecule has 1 aliphatic carbocycles. The predicted octanol–water partition coefficient (Wildman–Crippen LogP) is 3.63. The number of carbonyl (C=O) groups excluding carboxylic acids is 1. The number of hydrogen-bond donors (Lipinski definition) is 1. The molecule has 0 radical (unpaired) electrons. The fraction of sp³-hybridized carbons (Fsp3) is 0.333. The molecule has 2 atom stereocenters. The number of nitrogens with one attached hydrogen (secondary N) is 1. The van der Waals surface area contributed by atoms with Crippen molar-refractivity contribution in [3.05, 3.63) is 64.5 Å². The topological polar surface area (TPSA) is 50.2 Å². The second kappa shape index (κ2) is 7.26. The molecule has 2 aromatic carbocycles. The van der Waals surface area contributed by atoms with Gasteiger partial charge in [-0.1, -0.05) is 23.8 Å². The number of imidazole rings is 1. The van der Waals surface area contributed by atoms with Gasteiger partial charge >= 0.3 is 0 Å². The van der Waals surface area contributed by atoms with E-state index in [-0.39, 0.29) is 6.04 Å². The van der Waals surface area contributed by atoms with Crippen LogP contribution in [0.25, 0.3) is 11.0 Å².